The molecule has 1 aliphatic carbocycles. The lowest BCUT2D eigenvalue weighted by molar-refractivity contribution is 0.721. The van der Waals surface area contributed by atoms with E-state index in [1.54, 1.807) is 0 Å². The number of nitrogens with zero attached hydrogens (tertiary/aromatic N) is 1. The minimum atomic E-state index is -0.489. The topological polar surface area (TPSA) is 23.8 Å². The van der Waals surface area contributed by atoms with E-state index in [0.29, 0.717) is 0 Å². The monoisotopic (exact) mass is 295 g/mol. The van der Waals surface area contributed by atoms with Crippen LogP contribution in [0.15, 0.2) is 91.0 Å². The molecule has 1 aliphatic rings. The molecule has 1 atom stereocenters. The Morgan fingerprint density at radius 2 is 1.00 bits per heavy atom. The molecule has 1 saturated carbocycles. The summed E-state index contributed by atoms with van der Waals surface area (Å²) in [7, 11) is 0. The van der Waals surface area contributed by atoms with Crippen LogP contribution in [0.4, 0.5) is 0 Å². The maximum Gasteiger partial charge on any atom is 0.0972 e. The van der Waals surface area contributed by atoms with E-state index in [-0.39, 0.29) is 5.41 Å². The average molecular weight is 295 g/mol. The van der Waals surface area contributed by atoms with Crippen LogP contribution in [0.2, 0.25) is 0 Å². The first kappa shape index (κ1) is 13.8. The summed E-state index contributed by atoms with van der Waals surface area (Å²) < 4.78 is 0. The molecule has 0 spiro atoms. The molecule has 0 aliphatic heterocycles. The summed E-state index contributed by atoms with van der Waals surface area (Å²) in [6.45, 7) is 0. The standard InChI is InChI=1S/C22H17N/c23-17-21(18-10-4-1-5-11-18)16-22(21,19-12-6-2-7-13-19)20-14-8-3-9-15-20/h1-15H,16H2/t21-/m0/s1. The van der Waals surface area contributed by atoms with E-state index in [4.69, 9.17) is 0 Å². The van der Waals surface area contributed by atoms with Gasteiger partial charge in [-0.15, -0.1) is 0 Å². The van der Waals surface area contributed by atoms with Crippen LogP contribution in [0, 0.1) is 11.3 Å². The molecule has 1 fully saturated rings. The van der Waals surface area contributed by atoms with Gasteiger partial charge in [0.05, 0.1) is 11.5 Å². The fraction of sp³-hybridized carbons (Fsp3) is 0.136. The average Bonchev–Trinajstić information content (AvgIpc) is 3.36. The first-order valence-electron chi connectivity index (χ1n) is 7.91. The van der Waals surface area contributed by atoms with Crippen LogP contribution in [0.5, 0.6) is 0 Å². The van der Waals surface area contributed by atoms with Gasteiger partial charge < -0.3 is 0 Å². The van der Waals surface area contributed by atoms with Gasteiger partial charge in [-0.05, 0) is 23.1 Å². The fourth-order valence-corrected chi connectivity index (χ4v) is 3.93. The van der Waals surface area contributed by atoms with Crippen LogP contribution < -0.4 is 0 Å². The Labute approximate surface area is 136 Å². The Kier molecular flexibility index (Phi) is 3.06. The molecule has 4 rings (SSSR count). The molecule has 3 aromatic carbocycles. The Bertz CT molecular complexity index is 807. The highest BCUT2D eigenvalue weighted by Crippen LogP contribution is 2.68. The van der Waals surface area contributed by atoms with Crippen molar-refractivity contribution in [2.75, 3.05) is 0 Å². The highest BCUT2D eigenvalue weighted by atomic mass is 14.7. The normalized spacial score (nSPS) is 21.3. The van der Waals surface area contributed by atoms with Gasteiger partial charge in [0, 0.05) is 5.41 Å². The first-order chi connectivity index (χ1) is 11.3. The van der Waals surface area contributed by atoms with Gasteiger partial charge >= 0.3 is 0 Å². The number of hydrogen-bond donors (Lipinski definition) is 0. The molecule has 0 N–H and O–H groups in total. The van der Waals surface area contributed by atoms with Gasteiger partial charge in [-0.25, -0.2) is 0 Å². The molecule has 1 nitrogen and oxygen atoms in total. The second kappa shape index (κ2) is 5.11. The fourth-order valence-electron chi connectivity index (χ4n) is 3.93. The number of hydrogen-bond acceptors (Lipinski definition) is 1. The SMILES string of the molecule is N#C[C@]1(c2ccccc2)CC1(c1ccccc1)c1ccccc1. The zero-order valence-corrected chi connectivity index (χ0v) is 12.8. The number of benzene rings is 3. The molecule has 0 amide bonds. The minimum Gasteiger partial charge on any atom is -0.197 e. The van der Waals surface area contributed by atoms with Crippen molar-refractivity contribution in [3.8, 4) is 6.07 Å². The molecular weight excluding hydrogens is 278 g/mol. The highest BCUT2D eigenvalue weighted by Gasteiger charge is 2.70. The van der Waals surface area contributed by atoms with E-state index in [9.17, 15) is 5.26 Å². The summed E-state index contributed by atoms with van der Waals surface area (Å²) >= 11 is 0. The van der Waals surface area contributed by atoms with Crippen molar-refractivity contribution in [2.24, 2.45) is 0 Å². The Morgan fingerprint density at radius 3 is 1.39 bits per heavy atom. The van der Waals surface area contributed by atoms with Crippen LogP contribution >= 0.6 is 0 Å². The van der Waals surface area contributed by atoms with Crippen LogP contribution in [-0.4, -0.2) is 0 Å². The van der Waals surface area contributed by atoms with E-state index in [0.717, 1.165) is 12.0 Å². The predicted molar refractivity (Wildman–Crippen MR) is 92.0 cm³/mol. The van der Waals surface area contributed by atoms with E-state index >= 15 is 0 Å². The smallest absolute Gasteiger partial charge is 0.0972 e. The van der Waals surface area contributed by atoms with Crippen molar-refractivity contribution in [3.05, 3.63) is 108 Å². The third-order valence-electron chi connectivity index (χ3n) is 5.12. The van der Waals surface area contributed by atoms with Crippen molar-refractivity contribution < 1.29 is 0 Å². The van der Waals surface area contributed by atoms with Gasteiger partial charge in [-0.2, -0.15) is 5.26 Å². The van der Waals surface area contributed by atoms with Gasteiger partial charge in [0.15, 0.2) is 0 Å². The van der Waals surface area contributed by atoms with Gasteiger partial charge in [0.2, 0.25) is 0 Å². The summed E-state index contributed by atoms with van der Waals surface area (Å²) in [5, 5.41) is 10.1. The Balaban J connectivity index is 1.96. The van der Waals surface area contributed by atoms with Crippen molar-refractivity contribution >= 4 is 0 Å². The van der Waals surface area contributed by atoms with Crippen LogP contribution in [0.3, 0.4) is 0 Å². The number of nitriles is 1. The molecular formula is C22H17N. The molecule has 3 aromatic rings. The molecule has 0 aromatic heterocycles. The van der Waals surface area contributed by atoms with Crippen LogP contribution in [0.25, 0.3) is 0 Å². The van der Waals surface area contributed by atoms with Gasteiger partial charge in [0.1, 0.15) is 0 Å². The molecule has 0 unspecified atom stereocenters. The quantitative estimate of drug-likeness (QED) is 0.678. The summed E-state index contributed by atoms with van der Waals surface area (Å²) in [5.41, 5.74) is 2.80. The highest BCUT2D eigenvalue weighted by molar-refractivity contribution is 5.62. The Morgan fingerprint density at radius 1 is 0.609 bits per heavy atom. The molecule has 0 heterocycles. The minimum absolute atomic E-state index is 0.258. The summed E-state index contributed by atoms with van der Waals surface area (Å²) in [5.74, 6) is 0. The zero-order valence-electron chi connectivity index (χ0n) is 12.8. The van der Waals surface area contributed by atoms with Crippen molar-refractivity contribution in [3.63, 3.8) is 0 Å². The maximum atomic E-state index is 10.1. The van der Waals surface area contributed by atoms with E-state index in [1.165, 1.54) is 11.1 Å². The van der Waals surface area contributed by atoms with Gasteiger partial charge in [0.25, 0.3) is 0 Å². The van der Waals surface area contributed by atoms with E-state index in [2.05, 4.69) is 66.7 Å². The summed E-state index contributed by atoms with van der Waals surface area (Å²) in [6, 6.07) is 33.8. The zero-order chi connectivity index (χ0) is 15.8. The number of rotatable bonds is 3. The summed E-state index contributed by atoms with van der Waals surface area (Å²) in [6.07, 6.45) is 0.828. The molecule has 0 radical (unpaired) electrons. The lowest BCUT2D eigenvalue weighted by Gasteiger charge is -2.23. The lowest BCUT2D eigenvalue weighted by Crippen LogP contribution is -2.22. The molecule has 110 valence electrons. The summed E-state index contributed by atoms with van der Waals surface area (Å²) in [4.78, 5) is 0. The molecule has 1 heteroatoms. The van der Waals surface area contributed by atoms with E-state index < -0.39 is 5.41 Å². The van der Waals surface area contributed by atoms with Crippen molar-refractivity contribution in [2.45, 2.75) is 17.3 Å². The largest absolute Gasteiger partial charge is 0.197 e. The molecule has 23 heavy (non-hydrogen) atoms. The van der Waals surface area contributed by atoms with Gasteiger partial charge in [-0.3, -0.25) is 0 Å². The second-order valence-electron chi connectivity index (χ2n) is 6.20. The van der Waals surface area contributed by atoms with Crippen molar-refractivity contribution in [1.29, 1.82) is 5.26 Å². The third-order valence-corrected chi connectivity index (χ3v) is 5.12. The van der Waals surface area contributed by atoms with Crippen LogP contribution in [0.1, 0.15) is 23.1 Å². The lowest BCUT2D eigenvalue weighted by atomic mass is 9.78. The van der Waals surface area contributed by atoms with Crippen LogP contribution in [-0.2, 0) is 10.8 Å². The van der Waals surface area contributed by atoms with E-state index in [1.807, 2.05) is 30.3 Å². The predicted octanol–water partition coefficient (Wildman–Crippen LogP) is 4.84. The van der Waals surface area contributed by atoms with Crippen molar-refractivity contribution in [1.82, 2.24) is 0 Å². The maximum absolute atomic E-state index is 10.1. The van der Waals surface area contributed by atoms with Gasteiger partial charge in [-0.1, -0.05) is 91.0 Å². The third kappa shape index (κ3) is 1.85. The first-order valence-corrected chi connectivity index (χ1v) is 7.91. The second-order valence-corrected chi connectivity index (χ2v) is 6.20. The Hall–Kier alpha value is -2.85. The molecule has 0 saturated heterocycles. The molecule has 0 bridgehead atoms.